The zero-order valence-corrected chi connectivity index (χ0v) is 18.8. The Morgan fingerprint density at radius 3 is 2.50 bits per heavy atom. The lowest BCUT2D eigenvalue weighted by Gasteiger charge is -2.10. The third-order valence-corrected chi connectivity index (χ3v) is 5.85. The van der Waals surface area contributed by atoms with Crippen molar-refractivity contribution in [3.8, 4) is 5.69 Å². The number of hydrogen-bond donors (Lipinski definition) is 1. The fourth-order valence-electron chi connectivity index (χ4n) is 4.11. The van der Waals surface area contributed by atoms with Crippen molar-refractivity contribution in [3.05, 3.63) is 81.8 Å². The molecule has 34 heavy (non-hydrogen) atoms. The smallest absolute Gasteiger partial charge is 0.325 e. The molecule has 0 atom stereocenters. The Hall–Kier alpha value is -4.47. The minimum Gasteiger partial charge on any atom is -0.325 e. The third kappa shape index (κ3) is 3.58. The number of nitrogens with zero attached hydrogens (tertiary/aromatic N) is 6. The molecule has 2 aromatic carbocycles. The van der Waals surface area contributed by atoms with Crippen molar-refractivity contribution in [2.75, 3.05) is 5.32 Å². The molecule has 0 aliphatic rings. The molecule has 0 saturated carbocycles. The first-order chi connectivity index (χ1) is 16.5. The van der Waals surface area contributed by atoms with Gasteiger partial charge < -0.3 is 4.57 Å². The van der Waals surface area contributed by atoms with E-state index in [1.165, 1.54) is 17.9 Å². The molecule has 3 aromatic heterocycles. The molecule has 0 unspecified atom stereocenters. The van der Waals surface area contributed by atoms with Crippen LogP contribution in [0.5, 0.6) is 0 Å². The monoisotopic (exact) mass is 457 g/mol. The Bertz CT molecular complexity index is 1640. The van der Waals surface area contributed by atoms with Crippen LogP contribution in [0.15, 0.2) is 70.5 Å². The first-order valence-corrected chi connectivity index (χ1v) is 10.9. The number of imidazole rings is 2. The maximum absolute atomic E-state index is 12.8. The van der Waals surface area contributed by atoms with Crippen LogP contribution in [0, 0.1) is 0 Å². The van der Waals surface area contributed by atoms with E-state index in [2.05, 4.69) is 15.3 Å². The molecule has 0 bridgehead atoms. The average Bonchev–Trinajstić information content (AvgIpc) is 3.43. The van der Waals surface area contributed by atoms with Crippen LogP contribution in [0.3, 0.4) is 0 Å². The number of rotatable bonds is 6. The summed E-state index contributed by atoms with van der Waals surface area (Å²) < 4.78 is 6.00. The molecule has 5 aromatic rings. The summed E-state index contributed by atoms with van der Waals surface area (Å²) in [6.07, 6.45) is 2.23. The van der Waals surface area contributed by atoms with E-state index in [1.54, 1.807) is 11.6 Å². The zero-order chi connectivity index (χ0) is 23.8. The number of nitrogens with one attached hydrogen (secondary N) is 1. The second-order valence-electron chi connectivity index (χ2n) is 8.06. The number of benzene rings is 2. The lowest BCUT2D eigenvalue weighted by atomic mass is 10.3. The molecule has 0 spiro atoms. The standard InChI is InChI=1S/C24H23N7O3/c1-28-21-20(22(33)29(2)24(28)34)30(15-25-21)14-8-13-19(32)27-23-26-17-11-6-7-12-18(17)31(23)16-9-4-3-5-10-16/h3-7,9-12,15H,8,13-14H2,1-2H3,(H,26,27,32). The van der Waals surface area contributed by atoms with Crippen LogP contribution in [0.2, 0.25) is 0 Å². The fourth-order valence-corrected chi connectivity index (χ4v) is 4.11. The number of hydrogen-bond acceptors (Lipinski definition) is 5. The minimum absolute atomic E-state index is 0.183. The van der Waals surface area contributed by atoms with Crippen molar-refractivity contribution in [3.63, 3.8) is 0 Å². The van der Waals surface area contributed by atoms with Crippen molar-refractivity contribution < 1.29 is 4.79 Å². The largest absolute Gasteiger partial charge is 0.332 e. The summed E-state index contributed by atoms with van der Waals surface area (Å²) in [6.45, 7) is 0.409. The number of aryl methyl sites for hydroxylation is 2. The predicted octanol–water partition coefficient (Wildman–Crippen LogP) is 2.19. The molecule has 172 valence electrons. The maximum Gasteiger partial charge on any atom is 0.332 e. The summed E-state index contributed by atoms with van der Waals surface area (Å²) in [5, 5.41) is 2.93. The van der Waals surface area contributed by atoms with Crippen LogP contribution in [-0.4, -0.2) is 34.1 Å². The molecule has 5 rings (SSSR count). The van der Waals surface area contributed by atoms with Crippen LogP contribution >= 0.6 is 0 Å². The molecule has 10 nitrogen and oxygen atoms in total. The lowest BCUT2D eigenvalue weighted by Crippen LogP contribution is -2.37. The number of para-hydroxylation sites is 3. The van der Waals surface area contributed by atoms with Gasteiger partial charge in [-0.3, -0.25) is 28.6 Å². The van der Waals surface area contributed by atoms with Crippen molar-refractivity contribution in [2.24, 2.45) is 14.1 Å². The number of amides is 1. The fraction of sp³-hybridized carbons (Fsp3) is 0.208. The second-order valence-corrected chi connectivity index (χ2v) is 8.06. The van der Waals surface area contributed by atoms with Gasteiger partial charge in [0.05, 0.1) is 17.4 Å². The van der Waals surface area contributed by atoms with Crippen molar-refractivity contribution in [1.29, 1.82) is 0 Å². The zero-order valence-electron chi connectivity index (χ0n) is 18.8. The number of carbonyl (C=O) groups excluding carboxylic acids is 1. The van der Waals surface area contributed by atoms with E-state index < -0.39 is 11.2 Å². The molecule has 1 amide bonds. The van der Waals surface area contributed by atoms with Crippen LogP contribution in [0.4, 0.5) is 5.95 Å². The molecule has 10 heteroatoms. The normalized spacial score (nSPS) is 11.4. The molecule has 0 radical (unpaired) electrons. The topological polar surface area (TPSA) is 109 Å². The highest BCUT2D eigenvalue weighted by Crippen LogP contribution is 2.24. The minimum atomic E-state index is -0.427. The molecule has 0 aliphatic heterocycles. The van der Waals surface area contributed by atoms with Gasteiger partial charge in [-0.15, -0.1) is 0 Å². The van der Waals surface area contributed by atoms with Gasteiger partial charge in [-0.25, -0.2) is 14.8 Å². The van der Waals surface area contributed by atoms with Crippen molar-refractivity contribution >= 4 is 34.1 Å². The van der Waals surface area contributed by atoms with Gasteiger partial charge in [0.1, 0.15) is 0 Å². The molecule has 0 saturated heterocycles. The predicted molar refractivity (Wildman–Crippen MR) is 129 cm³/mol. The van der Waals surface area contributed by atoms with Gasteiger partial charge in [-0.1, -0.05) is 30.3 Å². The molecule has 1 N–H and O–H groups in total. The van der Waals surface area contributed by atoms with Gasteiger partial charge in [0.2, 0.25) is 11.9 Å². The number of aromatic nitrogens is 6. The first kappa shape index (κ1) is 21.4. The van der Waals surface area contributed by atoms with Gasteiger partial charge >= 0.3 is 5.69 Å². The van der Waals surface area contributed by atoms with Gasteiger partial charge in [-0.05, 0) is 30.7 Å². The third-order valence-electron chi connectivity index (χ3n) is 5.85. The van der Waals surface area contributed by atoms with Gasteiger partial charge in [0.25, 0.3) is 5.56 Å². The molecular weight excluding hydrogens is 434 g/mol. The second kappa shape index (κ2) is 8.47. The van der Waals surface area contributed by atoms with Gasteiger partial charge in [0, 0.05) is 32.7 Å². The summed E-state index contributed by atoms with van der Waals surface area (Å²) in [6, 6.07) is 17.4. The lowest BCUT2D eigenvalue weighted by molar-refractivity contribution is -0.116. The highest BCUT2D eigenvalue weighted by Gasteiger charge is 2.16. The highest BCUT2D eigenvalue weighted by molar-refractivity contribution is 5.92. The maximum atomic E-state index is 12.8. The quantitative estimate of drug-likeness (QED) is 0.420. The van der Waals surface area contributed by atoms with Crippen LogP contribution in [0.25, 0.3) is 27.9 Å². The van der Waals surface area contributed by atoms with E-state index in [-0.39, 0.29) is 12.3 Å². The average molecular weight is 457 g/mol. The first-order valence-electron chi connectivity index (χ1n) is 10.9. The van der Waals surface area contributed by atoms with Gasteiger partial charge in [-0.2, -0.15) is 0 Å². The Morgan fingerprint density at radius 2 is 1.71 bits per heavy atom. The van der Waals surface area contributed by atoms with Crippen molar-refractivity contribution in [2.45, 2.75) is 19.4 Å². The van der Waals surface area contributed by atoms with Gasteiger partial charge in [0.15, 0.2) is 11.2 Å². The van der Waals surface area contributed by atoms with E-state index in [1.807, 2.05) is 59.2 Å². The van der Waals surface area contributed by atoms with Crippen LogP contribution in [-0.2, 0) is 25.4 Å². The Morgan fingerprint density at radius 1 is 0.971 bits per heavy atom. The number of fused-ring (bicyclic) bond motifs is 2. The van der Waals surface area contributed by atoms with E-state index >= 15 is 0 Å². The molecule has 0 aliphatic carbocycles. The summed E-state index contributed by atoms with van der Waals surface area (Å²) in [4.78, 5) is 46.3. The summed E-state index contributed by atoms with van der Waals surface area (Å²) in [5.74, 6) is 0.270. The number of anilines is 1. The summed E-state index contributed by atoms with van der Waals surface area (Å²) >= 11 is 0. The van der Waals surface area contributed by atoms with E-state index in [0.717, 1.165) is 21.3 Å². The molecule has 3 heterocycles. The Kier molecular flexibility index (Phi) is 5.33. The van der Waals surface area contributed by atoms with E-state index in [0.29, 0.717) is 30.1 Å². The summed E-state index contributed by atoms with van der Waals surface area (Å²) in [7, 11) is 3.02. The Balaban J connectivity index is 1.35. The van der Waals surface area contributed by atoms with Crippen molar-refractivity contribution in [1.82, 2.24) is 28.2 Å². The molecule has 0 fully saturated rings. The van der Waals surface area contributed by atoms with E-state index in [4.69, 9.17) is 0 Å². The Labute approximate surface area is 193 Å². The molecular formula is C24H23N7O3. The SMILES string of the molecule is Cn1c(=O)c2c(ncn2CCCC(=O)Nc2nc3ccccc3n2-c2ccccc2)n(C)c1=O. The van der Waals surface area contributed by atoms with Crippen LogP contribution in [0.1, 0.15) is 12.8 Å². The van der Waals surface area contributed by atoms with E-state index in [9.17, 15) is 14.4 Å². The van der Waals surface area contributed by atoms with Crippen LogP contribution < -0.4 is 16.6 Å². The number of carbonyl (C=O) groups is 1. The highest BCUT2D eigenvalue weighted by atomic mass is 16.2. The summed E-state index contributed by atoms with van der Waals surface area (Å²) in [5.41, 5.74) is 2.42.